The Kier molecular flexibility index (Phi) is 5.68. The predicted molar refractivity (Wildman–Crippen MR) is 96.0 cm³/mol. The quantitative estimate of drug-likeness (QED) is 0.415. The lowest BCUT2D eigenvalue weighted by atomic mass is 10.1. The van der Waals surface area contributed by atoms with E-state index < -0.39 is 23.4 Å². The van der Waals surface area contributed by atoms with Crippen molar-refractivity contribution in [1.29, 1.82) is 0 Å². The Bertz CT molecular complexity index is 957. The molecule has 10 heteroatoms. The number of hydrogen-bond acceptors (Lipinski definition) is 5. The maximum atomic E-state index is 14.2. The van der Waals surface area contributed by atoms with E-state index in [-0.39, 0.29) is 28.6 Å². The summed E-state index contributed by atoms with van der Waals surface area (Å²) in [5.41, 5.74) is -1.03. The van der Waals surface area contributed by atoms with E-state index in [0.29, 0.717) is 0 Å². The standard InChI is InChI=1S/C18H12F5N3OS/c1-28-26-16-13(19)8-10(9-14(16)20)15-17(25-7-6-24-15)27-12-4-2-11(3-5-12)18(21,22)23/h2-9,26H,1H3. The van der Waals surface area contributed by atoms with Gasteiger partial charge in [-0.15, -0.1) is 0 Å². The molecule has 0 radical (unpaired) electrons. The van der Waals surface area contributed by atoms with E-state index >= 15 is 0 Å². The minimum absolute atomic E-state index is 0.0379. The third-order valence-corrected chi connectivity index (χ3v) is 3.99. The molecule has 4 nitrogen and oxygen atoms in total. The summed E-state index contributed by atoms with van der Waals surface area (Å²) in [4.78, 5) is 8.00. The molecule has 0 unspecified atom stereocenters. The van der Waals surface area contributed by atoms with E-state index in [1.165, 1.54) is 12.4 Å². The largest absolute Gasteiger partial charge is 0.437 e. The molecule has 3 aromatic rings. The molecule has 1 heterocycles. The van der Waals surface area contributed by atoms with Crippen LogP contribution in [-0.4, -0.2) is 16.2 Å². The highest BCUT2D eigenvalue weighted by atomic mass is 32.2. The fourth-order valence-electron chi connectivity index (χ4n) is 2.33. The number of nitrogens with zero attached hydrogens (tertiary/aromatic N) is 2. The molecular weight excluding hydrogens is 401 g/mol. The zero-order valence-electron chi connectivity index (χ0n) is 14.2. The summed E-state index contributed by atoms with van der Waals surface area (Å²) < 4.78 is 74.3. The van der Waals surface area contributed by atoms with Crippen molar-refractivity contribution >= 4 is 17.6 Å². The van der Waals surface area contributed by atoms with Gasteiger partial charge in [-0.25, -0.2) is 18.7 Å². The van der Waals surface area contributed by atoms with Crippen LogP contribution in [0.2, 0.25) is 0 Å². The van der Waals surface area contributed by atoms with Crippen molar-refractivity contribution in [1.82, 2.24) is 9.97 Å². The summed E-state index contributed by atoms with van der Waals surface area (Å²) in [6.45, 7) is 0. The Labute approximate surface area is 160 Å². The molecule has 0 amide bonds. The Morgan fingerprint density at radius 2 is 1.57 bits per heavy atom. The fraction of sp³-hybridized carbons (Fsp3) is 0.111. The summed E-state index contributed by atoms with van der Waals surface area (Å²) in [7, 11) is 0. The second kappa shape index (κ2) is 8.01. The molecule has 0 saturated carbocycles. The first-order valence-electron chi connectivity index (χ1n) is 7.74. The second-order valence-electron chi connectivity index (χ2n) is 5.46. The van der Waals surface area contributed by atoms with Gasteiger partial charge in [0.05, 0.1) is 5.56 Å². The first-order valence-corrected chi connectivity index (χ1v) is 8.96. The highest BCUT2D eigenvalue weighted by Gasteiger charge is 2.30. The molecule has 0 aliphatic carbocycles. The minimum Gasteiger partial charge on any atom is -0.437 e. The van der Waals surface area contributed by atoms with Crippen molar-refractivity contribution in [2.24, 2.45) is 0 Å². The fourth-order valence-corrected chi connectivity index (χ4v) is 2.73. The van der Waals surface area contributed by atoms with Crippen molar-refractivity contribution in [2.75, 3.05) is 11.0 Å². The number of ether oxygens (including phenoxy) is 1. The third-order valence-electron chi connectivity index (χ3n) is 3.58. The Balaban J connectivity index is 1.94. The van der Waals surface area contributed by atoms with Crippen molar-refractivity contribution < 1.29 is 26.7 Å². The van der Waals surface area contributed by atoms with Gasteiger partial charge >= 0.3 is 6.18 Å². The zero-order valence-corrected chi connectivity index (χ0v) is 15.0. The molecule has 2 aromatic carbocycles. The van der Waals surface area contributed by atoms with Crippen LogP contribution < -0.4 is 9.46 Å². The van der Waals surface area contributed by atoms with Gasteiger partial charge in [0, 0.05) is 24.2 Å². The lowest BCUT2D eigenvalue weighted by molar-refractivity contribution is -0.137. The molecule has 28 heavy (non-hydrogen) atoms. The molecule has 0 aliphatic rings. The van der Waals surface area contributed by atoms with Crippen LogP contribution in [0.25, 0.3) is 11.3 Å². The van der Waals surface area contributed by atoms with Gasteiger partial charge in [-0.3, -0.25) is 0 Å². The smallest absolute Gasteiger partial charge is 0.416 e. The number of alkyl halides is 3. The topological polar surface area (TPSA) is 47.0 Å². The van der Waals surface area contributed by atoms with Gasteiger partial charge < -0.3 is 9.46 Å². The Morgan fingerprint density at radius 1 is 0.964 bits per heavy atom. The van der Waals surface area contributed by atoms with Crippen molar-refractivity contribution in [3.63, 3.8) is 0 Å². The minimum atomic E-state index is -4.47. The van der Waals surface area contributed by atoms with Gasteiger partial charge in [0.2, 0.25) is 5.88 Å². The van der Waals surface area contributed by atoms with Crippen LogP contribution in [0.15, 0.2) is 48.8 Å². The van der Waals surface area contributed by atoms with E-state index in [9.17, 15) is 22.0 Å². The average molecular weight is 413 g/mol. The zero-order chi connectivity index (χ0) is 20.3. The first kappa shape index (κ1) is 19.9. The maximum Gasteiger partial charge on any atom is 0.416 e. The van der Waals surface area contributed by atoms with Gasteiger partial charge in [0.15, 0.2) is 11.6 Å². The maximum absolute atomic E-state index is 14.2. The van der Waals surface area contributed by atoms with E-state index in [4.69, 9.17) is 4.74 Å². The molecule has 0 saturated heterocycles. The molecule has 0 atom stereocenters. The monoisotopic (exact) mass is 413 g/mol. The van der Waals surface area contributed by atoms with Gasteiger partial charge in [0.1, 0.15) is 17.1 Å². The van der Waals surface area contributed by atoms with E-state index in [1.807, 2.05) is 0 Å². The third kappa shape index (κ3) is 4.33. The van der Waals surface area contributed by atoms with Crippen LogP contribution in [0.1, 0.15) is 5.56 Å². The van der Waals surface area contributed by atoms with Crippen molar-refractivity contribution in [3.05, 3.63) is 66.0 Å². The van der Waals surface area contributed by atoms with Gasteiger partial charge in [-0.05, 0) is 36.4 Å². The van der Waals surface area contributed by atoms with Crippen LogP contribution >= 0.6 is 11.9 Å². The van der Waals surface area contributed by atoms with Crippen LogP contribution in [-0.2, 0) is 6.18 Å². The Morgan fingerprint density at radius 3 is 2.14 bits per heavy atom. The summed E-state index contributed by atoms with van der Waals surface area (Å²) in [5, 5.41) is 0. The summed E-state index contributed by atoms with van der Waals surface area (Å²) in [6.07, 6.45) is -0.262. The van der Waals surface area contributed by atoms with Crippen molar-refractivity contribution in [3.8, 4) is 22.9 Å². The number of nitrogens with one attached hydrogen (secondary N) is 1. The number of aromatic nitrogens is 2. The molecule has 0 spiro atoms. The number of benzene rings is 2. The van der Waals surface area contributed by atoms with Gasteiger partial charge in [-0.1, -0.05) is 11.9 Å². The number of rotatable bonds is 5. The summed E-state index contributed by atoms with van der Waals surface area (Å²) in [6, 6.07) is 6.07. The highest BCUT2D eigenvalue weighted by Crippen LogP contribution is 2.35. The Hall–Kier alpha value is -2.88. The number of hydrogen-bond donors (Lipinski definition) is 1. The first-order chi connectivity index (χ1) is 13.3. The summed E-state index contributed by atoms with van der Waals surface area (Å²) in [5.74, 6) is -1.71. The SMILES string of the molecule is CSNc1c(F)cc(-c2nccnc2Oc2ccc(C(F)(F)F)cc2)cc1F. The van der Waals surface area contributed by atoms with Crippen LogP contribution in [0.5, 0.6) is 11.6 Å². The molecule has 0 fully saturated rings. The molecule has 0 bridgehead atoms. The second-order valence-corrected chi connectivity index (χ2v) is 6.07. The lowest BCUT2D eigenvalue weighted by Gasteiger charge is -2.12. The van der Waals surface area contributed by atoms with E-state index in [2.05, 4.69) is 14.7 Å². The predicted octanol–water partition coefficient (Wildman–Crippen LogP) is 5.92. The molecule has 3 rings (SSSR count). The van der Waals surface area contributed by atoms with Crippen LogP contribution in [0.3, 0.4) is 0 Å². The number of anilines is 1. The molecule has 146 valence electrons. The van der Waals surface area contributed by atoms with E-state index in [0.717, 1.165) is 48.3 Å². The molecule has 0 aliphatic heterocycles. The van der Waals surface area contributed by atoms with Crippen LogP contribution in [0.4, 0.5) is 27.6 Å². The average Bonchev–Trinajstić information content (AvgIpc) is 2.65. The summed E-state index contributed by atoms with van der Waals surface area (Å²) >= 11 is 1.03. The van der Waals surface area contributed by atoms with E-state index in [1.54, 1.807) is 6.26 Å². The normalized spacial score (nSPS) is 11.4. The molecule has 1 aromatic heterocycles. The molecular formula is C18H12F5N3OS. The van der Waals surface area contributed by atoms with Gasteiger partial charge in [0.25, 0.3) is 0 Å². The highest BCUT2D eigenvalue weighted by molar-refractivity contribution is 7.99. The molecule has 1 N–H and O–H groups in total. The van der Waals surface area contributed by atoms with Gasteiger partial charge in [-0.2, -0.15) is 13.2 Å². The number of halogens is 5. The van der Waals surface area contributed by atoms with Crippen molar-refractivity contribution in [2.45, 2.75) is 6.18 Å². The lowest BCUT2D eigenvalue weighted by Crippen LogP contribution is -2.04. The van der Waals surface area contributed by atoms with Crippen LogP contribution in [0, 0.1) is 11.6 Å².